The molecule has 0 aliphatic heterocycles. The van der Waals surface area contributed by atoms with E-state index in [1.165, 1.54) is 28.1 Å². The first-order valence-electron chi connectivity index (χ1n) is 5.05. The highest BCUT2D eigenvalue weighted by Crippen LogP contribution is 2.26. The maximum Gasteiger partial charge on any atom is 0.281 e. The van der Waals surface area contributed by atoms with Gasteiger partial charge in [-0.1, -0.05) is 0 Å². The van der Waals surface area contributed by atoms with Crippen LogP contribution in [-0.2, 0) is 10.0 Å². The van der Waals surface area contributed by atoms with Crippen molar-refractivity contribution in [3.05, 3.63) is 24.0 Å². The number of hydrogen-bond donors (Lipinski definition) is 4. The Morgan fingerprint density at radius 3 is 3.00 bits per heavy atom. The second kappa shape index (κ2) is 4.22. The zero-order valence-electron chi connectivity index (χ0n) is 9.36. The molecule has 0 atom stereocenters. The second-order valence-corrected chi connectivity index (χ2v) is 6.03. The number of aromatic nitrogens is 4. The fourth-order valence-corrected chi connectivity index (χ4v) is 3.68. The smallest absolute Gasteiger partial charge is 0.281 e. The Balaban J connectivity index is 2.14. The fourth-order valence-electron chi connectivity index (χ4n) is 1.63. The van der Waals surface area contributed by atoms with Crippen LogP contribution in [0.4, 0.5) is 11.5 Å². The van der Waals surface area contributed by atoms with Crippen LogP contribution in [0.15, 0.2) is 29.0 Å². The Bertz CT molecular complexity index is 802. The van der Waals surface area contributed by atoms with Gasteiger partial charge in [0.15, 0.2) is 10.8 Å². The van der Waals surface area contributed by atoms with E-state index < -0.39 is 10.0 Å². The van der Waals surface area contributed by atoms with Crippen LogP contribution < -0.4 is 16.0 Å². The van der Waals surface area contributed by atoms with E-state index in [1.807, 2.05) is 0 Å². The lowest BCUT2D eigenvalue weighted by Crippen LogP contribution is -2.18. The minimum atomic E-state index is -3.82. The number of aromatic amines is 1. The van der Waals surface area contributed by atoms with Crippen molar-refractivity contribution in [3.63, 3.8) is 0 Å². The van der Waals surface area contributed by atoms with Gasteiger partial charge in [-0.15, -0.1) is 11.3 Å². The summed E-state index contributed by atoms with van der Waals surface area (Å²) in [7, 11) is -3.82. The summed E-state index contributed by atoms with van der Waals surface area (Å²) in [5, 5.41) is 7.88. The lowest BCUT2D eigenvalue weighted by molar-refractivity contribution is 0.597. The minimum Gasteiger partial charge on any atom is -0.306 e. The van der Waals surface area contributed by atoms with Gasteiger partial charge in [-0.25, -0.2) is 5.84 Å². The number of nitrogen functional groups attached to an aromatic ring is 1. The molecule has 0 spiro atoms. The SMILES string of the molecule is NNc1nc2sccn2c1S(=O)(=O)Nc1cn[nH]c1. The first kappa shape index (κ1) is 12.0. The molecule has 3 rings (SSSR count). The zero-order valence-corrected chi connectivity index (χ0v) is 11.0. The lowest BCUT2D eigenvalue weighted by Gasteiger charge is -2.06. The van der Waals surface area contributed by atoms with Gasteiger partial charge in [0.05, 0.1) is 11.9 Å². The fraction of sp³-hybridized carbons (Fsp3) is 0. The second-order valence-electron chi connectivity index (χ2n) is 3.56. The van der Waals surface area contributed by atoms with Gasteiger partial charge in [-0.3, -0.25) is 14.2 Å². The Morgan fingerprint density at radius 1 is 1.47 bits per heavy atom. The van der Waals surface area contributed by atoms with Crippen LogP contribution in [0.2, 0.25) is 0 Å². The number of rotatable bonds is 4. The molecule has 0 radical (unpaired) electrons. The number of H-pyrrole nitrogens is 1. The predicted octanol–water partition coefficient (Wildman–Crippen LogP) is 0.205. The molecule has 5 N–H and O–H groups in total. The number of fused-ring (bicyclic) bond motifs is 1. The Labute approximate surface area is 111 Å². The van der Waals surface area contributed by atoms with Crippen LogP contribution in [-0.4, -0.2) is 28.0 Å². The number of sulfonamides is 1. The number of nitrogens with zero attached hydrogens (tertiary/aromatic N) is 3. The molecule has 0 fully saturated rings. The molecule has 0 aromatic carbocycles. The summed E-state index contributed by atoms with van der Waals surface area (Å²) in [6.45, 7) is 0. The normalized spacial score (nSPS) is 11.8. The third kappa shape index (κ3) is 1.93. The minimum absolute atomic E-state index is 0.0487. The van der Waals surface area contributed by atoms with E-state index in [0.29, 0.717) is 10.6 Å². The summed E-state index contributed by atoms with van der Waals surface area (Å²) < 4.78 is 28.5. The summed E-state index contributed by atoms with van der Waals surface area (Å²) in [5.74, 6) is 5.40. The van der Waals surface area contributed by atoms with E-state index in [4.69, 9.17) is 5.84 Å². The lowest BCUT2D eigenvalue weighted by atomic mass is 10.6. The highest BCUT2D eigenvalue weighted by molar-refractivity contribution is 7.92. The number of thiazole rings is 1. The quantitative estimate of drug-likeness (QED) is 0.402. The van der Waals surface area contributed by atoms with Crippen LogP contribution in [0, 0.1) is 0 Å². The van der Waals surface area contributed by atoms with E-state index in [1.54, 1.807) is 11.6 Å². The van der Waals surface area contributed by atoms with Crippen LogP contribution in [0.5, 0.6) is 0 Å². The van der Waals surface area contributed by atoms with Crippen molar-refractivity contribution < 1.29 is 8.42 Å². The van der Waals surface area contributed by atoms with Gasteiger partial charge in [0.1, 0.15) is 0 Å². The molecule has 9 nitrogen and oxygen atoms in total. The van der Waals surface area contributed by atoms with Crippen molar-refractivity contribution in [3.8, 4) is 0 Å². The van der Waals surface area contributed by atoms with Crippen LogP contribution in [0.1, 0.15) is 0 Å². The molecule has 11 heteroatoms. The van der Waals surface area contributed by atoms with Gasteiger partial charge in [-0.2, -0.15) is 18.5 Å². The molecule has 0 amide bonds. The third-order valence-electron chi connectivity index (χ3n) is 2.36. The van der Waals surface area contributed by atoms with E-state index in [-0.39, 0.29) is 10.8 Å². The molecular formula is C8H9N7O2S2. The first-order chi connectivity index (χ1) is 9.12. The van der Waals surface area contributed by atoms with Crippen molar-refractivity contribution in [2.45, 2.75) is 5.03 Å². The molecule has 0 saturated carbocycles. The summed E-state index contributed by atoms with van der Waals surface area (Å²) in [4.78, 5) is 4.62. The van der Waals surface area contributed by atoms with Gasteiger partial charge in [0.2, 0.25) is 5.03 Å². The number of nitrogens with one attached hydrogen (secondary N) is 3. The van der Waals surface area contributed by atoms with Crippen molar-refractivity contribution in [1.29, 1.82) is 0 Å². The van der Waals surface area contributed by atoms with Gasteiger partial charge in [-0.05, 0) is 0 Å². The molecular weight excluding hydrogens is 290 g/mol. The number of hydrogen-bond acceptors (Lipinski definition) is 7. The van der Waals surface area contributed by atoms with Crippen molar-refractivity contribution in [2.24, 2.45) is 5.84 Å². The van der Waals surface area contributed by atoms with Crippen LogP contribution in [0.3, 0.4) is 0 Å². The maximum atomic E-state index is 12.3. The number of anilines is 2. The van der Waals surface area contributed by atoms with E-state index in [9.17, 15) is 8.42 Å². The topological polar surface area (TPSA) is 130 Å². The number of nitrogens with two attached hydrogens (primary N) is 1. The molecule has 100 valence electrons. The van der Waals surface area contributed by atoms with Crippen molar-refractivity contribution in [2.75, 3.05) is 10.1 Å². The van der Waals surface area contributed by atoms with Crippen molar-refractivity contribution >= 4 is 37.8 Å². The zero-order chi connectivity index (χ0) is 13.5. The number of imidazole rings is 1. The van der Waals surface area contributed by atoms with E-state index in [2.05, 4.69) is 25.3 Å². The van der Waals surface area contributed by atoms with Gasteiger partial charge in [0.25, 0.3) is 10.0 Å². The molecule has 19 heavy (non-hydrogen) atoms. The summed E-state index contributed by atoms with van der Waals surface area (Å²) in [6, 6.07) is 0. The molecule has 3 aromatic heterocycles. The number of hydrazine groups is 1. The standard InChI is InChI=1S/C8H9N7O2S2/c9-13-6-7(15-1-2-18-8(15)12-6)19(16,17)14-5-3-10-11-4-5/h1-4,13-14H,9H2,(H,10,11). The molecule has 0 saturated heterocycles. The van der Waals surface area contributed by atoms with Gasteiger partial charge in [0, 0.05) is 17.8 Å². The van der Waals surface area contributed by atoms with Crippen LogP contribution in [0.25, 0.3) is 4.96 Å². The van der Waals surface area contributed by atoms with Crippen LogP contribution >= 0.6 is 11.3 Å². The summed E-state index contributed by atoms with van der Waals surface area (Å²) in [6.07, 6.45) is 4.40. The average molecular weight is 299 g/mol. The average Bonchev–Trinajstić information content (AvgIpc) is 3.01. The van der Waals surface area contributed by atoms with Crippen molar-refractivity contribution in [1.82, 2.24) is 19.6 Å². The largest absolute Gasteiger partial charge is 0.306 e. The molecule has 3 heterocycles. The van der Waals surface area contributed by atoms with E-state index >= 15 is 0 Å². The summed E-state index contributed by atoms with van der Waals surface area (Å²) in [5.41, 5.74) is 2.62. The van der Waals surface area contributed by atoms with Gasteiger partial charge < -0.3 is 5.43 Å². The third-order valence-corrected chi connectivity index (χ3v) is 4.52. The highest BCUT2D eigenvalue weighted by Gasteiger charge is 2.26. The molecule has 0 aliphatic carbocycles. The Kier molecular flexibility index (Phi) is 2.66. The van der Waals surface area contributed by atoms with Gasteiger partial charge >= 0.3 is 0 Å². The first-order valence-corrected chi connectivity index (χ1v) is 7.42. The van der Waals surface area contributed by atoms with E-state index in [0.717, 1.165) is 0 Å². The maximum absolute atomic E-state index is 12.3. The molecule has 0 aliphatic rings. The molecule has 0 bridgehead atoms. The Hall–Kier alpha value is -2.11. The highest BCUT2D eigenvalue weighted by atomic mass is 32.2. The molecule has 0 unspecified atom stereocenters. The molecule has 3 aromatic rings. The summed E-state index contributed by atoms with van der Waals surface area (Å²) >= 11 is 1.31. The Morgan fingerprint density at radius 2 is 2.32 bits per heavy atom. The monoisotopic (exact) mass is 299 g/mol. The predicted molar refractivity (Wildman–Crippen MR) is 70.3 cm³/mol.